The fraction of sp³-hybridized carbons (Fsp3) is 0.529. The topological polar surface area (TPSA) is 88.7 Å². The van der Waals surface area contributed by atoms with Crippen molar-refractivity contribution in [2.24, 2.45) is 4.99 Å². The highest BCUT2D eigenvalue weighted by atomic mass is 32.2. The Balaban J connectivity index is 2.23. The maximum atomic E-state index is 12.7. The normalized spacial score (nSPS) is 21.2. The van der Waals surface area contributed by atoms with Gasteiger partial charge in [0.2, 0.25) is 5.91 Å². The summed E-state index contributed by atoms with van der Waals surface area (Å²) in [7, 11) is 0. The molecule has 130 valence electrons. The van der Waals surface area contributed by atoms with Crippen molar-refractivity contribution < 1.29 is 14.0 Å². The van der Waals surface area contributed by atoms with E-state index in [2.05, 4.69) is 10.3 Å². The summed E-state index contributed by atoms with van der Waals surface area (Å²) in [6.07, 6.45) is 1.46. The van der Waals surface area contributed by atoms with Crippen molar-refractivity contribution in [2.45, 2.75) is 52.1 Å². The van der Waals surface area contributed by atoms with Crippen LogP contribution in [0.25, 0.3) is 0 Å². The largest absolute Gasteiger partial charge is 0.426 e. The number of aryl methyl sites for hydroxylation is 1. The molecule has 0 saturated heterocycles. The average molecular weight is 350 g/mol. The van der Waals surface area contributed by atoms with Gasteiger partial charge in [-0.1, -0.05) is 13.3 Å². The van der Waals surface area contributed by atoms with Gasteiger partial charge in [-0.05, 0) is 31.9 Å². The molecular formula is C17H22N2O4S. The Morgan fingerprint density at radius 1 is 1.46 bits per heavy atom. The lowest BCUT2D eigenvalue weighted by atomic mass is 10.0. The van der Waals surface area contributed by atoms with E-state index in [1.807, 2.05) is 13.8 Å². The van der Waals surface area contributed by atoms with E-state index in [4.69, 9.17) is 4.42 Å². The Hall–Kier alpha value is -1.89. The second-order valence-corrected chi connectivity index (χ2v) is 7.17. The molecule has 1 aliphatic heterocycles. The SMILES string of the molecule is CCC[C@@H](NC(=O)[C@]1(C)CSC(C(C)=O)=N1)c1cc(C)cc(=O)o1. The molecule has 1 aromatic heterocycles. The minimum atomic E-state index is -0.984. The molecule has 1 aromatic rings. The third-order valence-corrected chi connectivity index (χ3v) is 5.15. The van der Waals surface area contributed by atoms with Crippen LogP contribution < -0.4 is 10.9 Å². The van der Waals surface area contributed by atoms with Crippen molar-refractivity contribution in [1.29, 1.82) is 0 Å². The number of nitrogens with zero attached hydrogens (tertiary/aromatic N) is 1. The summed E-state index contributed by atoms with van der Waals surface area (Å²) in [6.45, 7) is 6.95. The van der Waals surface area contributed by atoms with Crippen LogP contribution in [0.1, 0.15) is 51.0 Å². The standard InChI is InChI=1S/C17H22N2O4S/c1-5-6-12(13-7-10(2)8-14(21)23-13)18-16(22)17(4)9-24-15(19-17)11(3)20/h7-8,12H,5-6,9H2,1-4H3,(H,18,22)/t12-,17+/m1/s1. The molecular weight excluding hydrogens is 328 g/mol. The second kappa shape index (κ2) is 7.34. The number of carbonyl (C=O) groups is 2. The van der Waals surface area contributed by atoms with Crippen LogP contribution in [0.5, 0.6) is 0 Å². The Morgan fingerprint density at radius 3 is 2.71 bits per heavy atom. The number of carbonyl (C=O) groups excluding carboxylic acids is 2. The molecule has 7 heteroatoms. The zero-order chi connectivity index (χ0) is 17.9. The van der Waals surface area contributed by atoms with Gasteiger partial charge >= 0.3 is 5.63 Å². The number of rotatable bonds is 6. The molecule has 1 aliphatic rings. The predicted octanol–water partition coefficient (Wildman–Crippen LogP) is 2.40. The number of aliphatic imine (C=N–C) groups is 1. The fourth-order valence-electron chi connectivity index (χ4n) is 2.48. The van der Waals surface area contributed by atoms with Crippen LogP contribution in [0, 0.1) is 6.92 Å². The van der Waals surface area contributed by atoms with Crippen molar-refractivity contribution >= 4 is 28.5 Å². The van der Waals surface area contributed by atoms with Gasteiger partial charge in [-0.3, -0.25) is 14.6 Å². The number of ketones is 1. The lowest BCUT2D eigenvalue weighted by molar-refractivity contribution is -0.125. The Kier molecular flexibility index (Phi) is 5.64. The molecule has 0 aromatic carbocycles. The maximum absolute atomic E-state index is 12.7. The maximum Gasteiger partial charge on any atom is 0.336 e. The molecule has 1 amide bonds. The summed E-state index contributed by atoms with van der Waals surface area (Å²) in [5, 5.41) is 3.30. The van der Waals surface area contributed by atoms with E-state index in [0.29, 0.717) is 23.0 Å². The minimum absolute atomic E-state index is 0.133. The van der Waals surface area contributed by atoms with Crippen molar-refractivity contribution in [3.05, 3.63) is 33.9 Å². The third kappa shape index (κ3) is 4.14. The Bertz CT molecular complexity index is 740. The first-order chi connectivity index (χ1) is 11.2. The van der Waals surface area contributed by atoms with Gasteiger partial charge in [0.05, 0.1) is 6.04 Å². The van der Waals surface area contributed by atoms with Crippen molar-refractivity contribution in [3.8, 4) is 0 Å². The van der Waals surface area contributed by atoms with Gasteiger partial charge in [0.1, 0.15) is 16.3 Å². The molecule has 0 spiro atoms. The highest BCUT2D eigenvalue weighted by Crippen LogP contribution is 2.29. The first-order valence-electron chi connectivity index (χ1n) is 7.91. The molecule has 0 aliphatic carbocycles. The molecule has 0 bridgehead atoms. The number of nitrogens with one attached hydrogen (secondary N) is 1. The van der Waals surface area contributed by atoms with Crippen LogP contribution in [0.15, 0.2) is 26.3 Å². The Labute approximate surface area is 145 Å². The van der Waals surface area contributed by atoms with E-state index in [1.165, 1.54) is 24.8 Å². The van der Waals surface area contributed by atoms with E-state index < -0.39 is 17.2 Å². The summed E-state index contributed by atoms with van der Waals surface area (Å²) in [6, 6.07) is 2.78. The molecule has 6 nitrogen and oxygen atoms in total. The molecule has 2 atom stereocenters. The summed E-state index contributed by atoms with van der Waals surface area (Å²) in [5.41, 5.74) is -0.627. The average Bonchev–Trinajstić information content (AvgIpc) is 2.90. The van der Waals surface area contributed by atoms with Crippen molar-refractivity contribution in [3.63, 3.8) is 0 Å². The lowest BCUT2D eigenvalue weighted by Crippen LogP contribution is -2.45. The van der Waals surface area contributed by atoms with Gasteiger partial charge < -0.3 is 9.73 Å². The van der Waals surface area contributed by atoms with Crippen LogP contribution in [0.4, 0.5) is 0 Å². The molecule has 0 unspecified atom stereocenters. The van der Waals surface area contributed by atoms with Gasteiger partial charge in [0, 0.05) is 18.7 Å². The smallest absolute Gasteiger partial charge is 0.336 e. The van der Waals surface area contributed by atoms with Gasteiger partial charge in [0.25, 0.3) is 0 Å². The lowest BCUT2D eigenvalue weighted by Gasteiger charge is -2.24. The fourth-order valence-corrected chi connectivity index (χ4v) is 3.56. The number of hydrogen-bond donors (Lipinski definition) is 1. The first-order valence-corrected chi connectivity index (χ1v) is 8.90. The number of thioether (sulfide) groups is 1. The highest BCUT2D eigenvalue weighted by Gasteiger charge is 2.40. The van der Waals surface area contributed by atoms with Gasteiger partial charge in [-0.2, -0.15) is 0 Å². The molecule has 0 fully saturated rings. The molecule has 2 heterocycles. The number of Topliss-reactive ketones (excluding diaryl/α,β-unsaturated/α-hetero) is 1. The van der Waals surface area contributed by atoms with Crippen LogP contribution in [-0.2, 0) is 9.59 Å². The quantitative estimate of drug-likeness (QED) is 0.851. The predicted molar refractivity (Wildman–Crippen MR) is 94.5 cm³/mol. The van der Waals surface area contributed by atoms with Crippen LogP contribution in [0.3, 0.4) is 0 Å². The monoisotopic (exact) mass is 350 g/mol. The van der Waals surface area contributed by atoms with E-state index in [9.17, 15) is 14.4 Å². The summed E-state index contributed by atoms with van der Waals surface area (Å²) in [5.74, 6) is 0.463. The summed E-state index contributed by atoms with van der Waals surface area (Å²) >= 11 is 1.29. The molecule has 24 heavy (non-hydrogen) atoms. The van der Waals surface area contributed by atoms with Crippen molar-refractivity contribution in [1.82, 2.24) is 5.32 Å². The van der Waals surface area contributed by atoms with E-state index >= 15 is 0 Å². The third-order valence-electron chi connectivity index (χ3n) is 3.79. The molecule has 0 radical (unpaired) electrons. The van der Waals surface area contributed by atoms with Gasteiger partial charge in [-0.25, -0.2) is 4.79 Å². The second-order valence-electron chi connectivity index (χ2n) is 6.21. The zero-order valence-corrected chi connectivity index (χ0v) is 15.2. The summed E-state index contributed by atoms with van der Waals surface area (Å²) < 4.78 is 5.26. The molecule has 0 saturated carbocycles. The molecule has 2 rings (SSSR count). The summed E-state index contributed by atoms with van der Waals surface area (Å²) in [4.78, 5) is 40.0. The number of amides is 1. The minimum Gasteiger partial charge on any atom is -0.426 e. The van der Waals surface area contributed by atoms with E-state index in [0.717, 1.165) is 12.0 Å². The van der Waals surface area contributed by atoms with Crippen LogP contribution >= 0.6 is 11.8 Å². The van der Waals surface area contributed by atoms with E-state index in [1.54, 1.807) is 13.0 Å². The number of hydrogen-bond acceptors (Lipinski definition) is 6. The van der Waals surface area contributed by atoms with Crippen LogP contribution in [-0.4, -0.2) is 28.0 Å². The van der Waals surface area contributed by atoms with Crippen LogP contribution in [0.2, 0.25) is 0 Å². The molecule has 1 N–H and O–H groups in total. The van der Waals surface area contributed by atoms with Gasteiger partial charge in [0.15, 0.2) is 5.78 Å². The first kappa shape index (κ1) is 18.4. The zero-order valence-electron chi connectivity index (χ0n) is 14.3. The van der Waals surface area contributed by atoms with Gasteiger partial charge in [-0.15, -0.1) is 11.8 Å². The van der Waals surface area contributed by atoms with Crippen molar-refractivity contribution in [2.75, 3.05) is 5.75 Å². The Morgan fingerprint density at radius 2 is 2.17 bits per heavy atom. The highest BCUT2D eigenvalue weighted by molar-refractivity contribution is 8.16. The van der Waals surface area contributed by atoms with E-state index in [-0.39, 0.29) is 11.7 Å².